The maximum atomic E-state index is 13.1. The number of nitrogens with zero attached hydrogens (tertiary/aromatic N) is 1. The molecule has 0 bridgehead atoms. The minimum absolute atomic E-state index is 0.0971. The van der Waals surface area contributed by atoms with Crippen molar-refractivity contribution < 1.29 is 9.18 Å². The van der Waals surface area contributed by atoms with E-state index in [0.29, 0.717) is 32.1 Å². The van der Waals surface area contributed by atoms with E-state index in [1.807, 2.05) is 13.0 Å². The summed E-state index contributed by atoms with van der Waals surface area (Å²) in [6, 6.07) is 6.77. The molecule has 1 rings (SSSR count). The van der Waals surface area contributed by atoms with Crippen LogP contribution in [-0.4, -0.2) is 29.9 Å². The second-order valence-electron chi connectivity index (χ2n) is 4.90. The van der Waals surface area contributed by atoms with Crippen LogP contribution < -0.4 is 5.32 Å². The quantitative estimate of drug-likeness (QED) is 0.822. The lowest BCUT2D eigenvalue weighted by Gasteiger charge is -2.21. The molecular weight excluding hydrogens is 243 g/mol. The Bertz CT molecular complexity index is 407. The van der Waals surface area contributed by atoms with Gasteiger partial charge in [0.2, 0.25) is 5.91 Å². The van der Waals surface area contributed by atoms with E-state index in [9.17, 15) is 9.18 Å². The zero-order valence-electron chi connectivity index (χ0n) is 11.9. The molecule has 0 aliphatic heterocycles. The summed E-state index contributed by atoms with van der Waals surface area (Å²) in [5.41, 5.74) is 0.826. The number of hydrogen-bond donors (Lipinski definition) is 1. The predicted molar refractivity (Wildman–Crippen MR) is 75.2 cm³/mol. The van der Waals surface area contributed by atoms with Gasteiger partial charge in [-0.3, -0.25) is 4.79 Å². The second kappa shape index (κ2) is 7.89. The first-order valence-corrected chi connectivity index (χ1v) is 6.78. The highest BCUT2D eigenvalue weighted by Crippen LogP contribution is 2.08. The fourth-order valence-electron chi connectivity index (χ4n) is 1.86. The predicted octanol–water partition coefficient (Wildman–Crippen LogP) is 2.56. The molecule has 0 fully saturated rings. The van der Waals surface area contributed by atoms with Gasteiger partial charge in [0.05, 0.1) is 0 Å². The number of amides is 1. The van der Waals surface area contributed by atoms with Crippen molar-refractivity contribution in [3.8, 4) is 0 Å². The van der Waals surface area contributed by atoms with Crippen LogP contribution in [0, 0.1) is 5.82 Å². The Balaban J connectivity index is 2.50. The third kappa shape index (κ3) is 5.83. The van der Waals surface area contributed by atoms with Crippen LogP contribution in [0.25, 0.3) is 0 Å². The lowest BCUT2D eigenvalue weighted by Crippen LogP contribution is -2.34. The molecule has 0 unspecified atom stereocenters. The molecular formula is C15H23FN2O. The van der Waals surface area contributed by atoms with Crippen molar-refractivity contribution in [2.24, 2.45) is 0 Å². The van der Waals surface area contributed by atoms with Gasteiger partial charge in [0, 0.05) is 32.1 Å². The minimum atomic E-state index is -0.262. The summed E-state index contributed by atoms with van der Waals surface area (Å²) in [6.45, 7) is 7.82. The van der Waals surface area contributed by atoms with Crippen molar-refractivity contribution in [3.63, 3.8) is 0 Å². The molecule has 1 aromatic carbocycles. The van der Waals surface area contributed by atoms with Gasteiger partial charge in [0.1, 0.15) is 5.82 Å². The first kappa shape index (κ1) is 15.6. The molecule has 106 valence electrons. The van der Waals surface area contributed by atoms with Crippen LogP contribution in [0.5, 0.6) is 0 Å². The zero-order valence-corrected chi connectivity index (χ0v) is 11.9. The Morgan fingerprint density at radius 3 is 2.74 bits per heavy atom. The Morgan fingerprint density at radius 1 is 1.42 bits per heavy atom. The lowest BCUT2D eigenvalue weighted by molar-refractivity contribution is -0.131. The average Bonchev–Trinajstić information content (AvgIpc) is 2.35. The Kier molecular flexibility index (Phi) is 6.50. The van der Waals surface area contributed by atoms with Crippen molar-refractivity contribution >= 4 is 5.91 Å². The maximum Gasteiger partial charge on any atom is 0.224 e. The third-order valence-electron chi connectivity index (χ3n) is 2.89. The van der Waals surface area contributed by atoms with E-state index in [4.69, 9.17) is 0 Å². The Labute approximate surface area is 114 Å². The highest BCUT2D eigenvalue weighted by molar-refractivity contribution is 5.76. The zero-order chi connectivity index (χ0) is 14.3. The normalized spacial score (nSPS) is 10.8. The third-order valence-corrected chi connectivity index (χ3v) is 2.89. The number of carbonyl (C=O) groups is 1. The molecule has 0 atom stereocenters. The molecule has 1 N–H and O–H groups in total. The Morgan fingerprint density at radius 2 is 2.16 bits per heavy atom. The van der Waals surface area contributed by atoms with Crippen LogP contribution >= 0.6 is 0 Å². The van der Waals surface area contributed by atoms with Crippen LogP contribution in [0.2, 0.25) is 0 Å². The van der Waals surface area contributed by atoms with E-state index in [1.54, 1.807) is 11.0 Å². The summed E-state index contributed by atoms with van der Waals surface area (Å²) in [5, 5.41) is 3.22. The number of carbonyl (C=O) groups excluding carboxylic acids is 1. The second-order valence-corrected chi connectivity index (χ2v) is 4.90. The van der Waals surface area contributed by atoms with Gasteiger partial charge in [-0.05, 0) is 24.6 Å². The molecule has 4 heteroatoms. The van der Waals surface area contributed by atoms with Crippen molar-refractivity contribution in [1.29, 1.82) is 0 Å². The van der Waals surface area contributed by atoms with Crippen LogP contribution in [0.3, 0.4) is 0 Å². The van der Waals surface area contributed by atoms with Gasteiger partial charge in [-0.1, -0.05) is 26.0 Å². The van der Waals surface area contributed by atoms with E-state index in [1.165, 1.54) is 12.1 Å². The van der Waals surface area contributed by atoms with E-state index >= 15 is 0 Å². The fourth-order valence-corrected chi connectivity index (χ4v) is 1.86. The van der Waals surface area contributed by atoms with Gasteiger partial charge in [0.25, 0.3) is 0 Å². The average molecular weight is 266 g/mol. The molecule has 0 saturated heterocycles. The molecule has 19 heavy (non-hydrogen) atoms. The highest BCUT2D eigenvalue weighted by Gasteiger charge is 2.12. The fraction of sp³-hybridized carbons (Fsp3) is 0.533. The van der Waals surface area contributed by atoms with Gasteiger partial charge < -0.3 is 10.2 Å². The Hall–Kier alpha value is -1.42. The van der Waals surface area contributed by atoms with Crippen LogP contribution in [0.15, 0.2) is 24.3 Å². The van der Waals surface area contributed by atoms with Gasteiger partial charge in [-0.15, -0.1) is 0 Å². The standard InChI is InChI=1S/C15H23FN2O/c1-4-18(15(19)8-9-17-12(2)3)11-13-6-5-7-14(16)10-13/h5-7,10,12,17H,4,8-9,11H2,1-3H3. The summed E-state index contributed by atoms with van der Waals surface area (Å²) in [5.74, 6) is -0.164. The molecule has 0 aliphatic rings. The van der Waals surface area contributed by atoms with E-state index in [-0.39, 0.29) is 11.7 Å². The van der Waals surface area contributed by atoms with Crippen molar-refractivity contribution in [1.82, 2.24) is 10.2 Å². The maximum absolute atomic E-state index is 13.1. The number of hydrogen-bond acceptors (Lipinski definition) is 2. The van der Waals surface area contributed by atoms with Crippen LogP contribution in [-0.2, 0) is 11.3 Å². The minimum Gasteiger partial charge on any atom is -0.339 e. The van der Waals surface area contributed by atoms with Crippen LogP contribution in [0.1, 0.15) is 32.8 Å². The SMILES string of the molecule is CCN(Cc1cccc(F)c1)C(=O)CCNC(C)C. The number of benzene rings is 1. The molecule has 0 saturated carbocycles. The van der Waals surface area contributed by atoms with E-state index < -0.39 is 0 Å². The van der Waals surface area contributed by atoms with Gasteiger partial charge in [0.15, 0.2) is 0 Å². The van der Waals surface area contributed by atoms with Crippen LogP contribution in [0.4, 0.5) is 4.39 Å². The molecule has 3 nitrogen and oxygen atoms in total. The molecule has 0 heterocycles. The summed E-state index contributed by atoms with van der Waals surface area (Å²) < 4.78 is 13.1. The van der Waals surface area contributed by atoms with E-state index in [0.717, 1.165) is 5.56 Å². The lowest BCUT2D eigenvalue weighted by atomic mass is 10.2. The largest absolute Gasteiger partial charge is 0.339 e. The van der Waals surface area contributed by atoms with Crippen molar-refractivity contribution in [2.45, 2.75) is 39.8 Å². The van der Waals surface area contributed by atoms with Crippen molar-refractivity contribution in [2.75, 3.05) is 13.1 Å². The van der Waals surface area contributed by atoms with Gasteiger partial charge in [-0.25, -0.2) is 4.39 Å². The molecule has 1 aromatic rings. The van der Waals surface area contributed by atoms with Crippen molar-refractivity contribution in [3.05, 3.63) is 35.6 Å². The number of rotatable bonds is 7. The molecule has 1 amide bonds. The molecule has 0 spiro atoms. The first-order chi connectivity index (χ1) is 9.02. The molecule has 0 radical (unpaired) electrons. The summed E-state index contributed by atoms with van der Waals surface area (Å²) in [7, 11) is 0. The topological polar surface area (TPSA) is 32.3 Å². The summed E-state index contributed by atoms with van der Waals surface area (Å²) in [6.07, 6.45) is 0.474. The number of nitrogens with one attached hydrogen (secondary N) is 1. The summed E-state index contributed by atoms with van der Waals surface area (Å²) >= 11 is 0. The molecule has 0 aliphatic carbocycles. The highest BCUT2D eigenvalue weighted by atomic mass is 19.1. The van der Waals surface area contributed by atoms with E-state index in [2.05, 4.69) is 19.2 Å². The summed E-state index contributed by atoms with van der Waals surface area (Å²) in [4.78, 5) is 13.8. The first-order valence-electron chi connectivity index (χ1n) is 6.78. The molecule has 0 aromatic heterocycles. The van der Waals surface area contributed by atoms with Gasteiger partial charge >= 0.3 is 0 Å². The van der Waals surface area contributed by atoms with Gasteiger partial charge in [-0.2, -0.15) is 0 Å². The number of halogens is 1. The monoisotopic (exact) mass is 266 g/mol. The smallest absolute Gasteiger partial charge is 0.224 e.